The number of rotatable bonds is 4. The largest absolute Gasteiger partial charge is 0.286 e. The van der Waals surface area contributed by atoms with E-state index in [4.69, 9.17) is 16.6 Å². The summed E-state index contributed by atoms with van der Waals surface area (Å²) in [5.41, 5.74) is 5.17. The third-order valence-electron chi connectivity index (χ3n) is 7.43. The number of para-hydroxylation sites is 1. The van der Waals surface area contributed by atoms with Crippen molar-refractivity contribution >= 4 is 28.5 Å². The van der Waals surface area contributed by atoms with E-state index in [1.54, 1.807) is 16.7 Å². The van der Waals surface area contributed by atoms with Gasteiger partial charge >= 0.3 is 0 Å². The summed E-state index contributed by atoms with van der Waals surface area (Å²) in [5, 5.41) is 0.968. The predicted molar refractivity (Wildman–Crippen MR) is 145 cm³/mol. The Morgan fingerprint density at radius 3 is 2.39 bits per heavy atom. The van der Waals surface area contributed by atoms with E-state index >= 15 is 0 Å². The Labute approximate surface area is 219 Å². The molecule has 3 aromatic carbocycles. The minimum absolute atomic E-state index is 0.0515. The first-order chi connectivity index (χ1) is 17.5. The summed E-state index contributed by atoms with van der Waals surface area (Å²) in [6.07, 6.45) is 5.29. The first kappa shape index (κ1) is 23.3. The topological polar surface area (TPSA) is 52.0 Å². The summed E-state index contributed by atoms with van der Waals surface area (Å²) in [4.78, 5) is 32.7. The molecular formula is C30H25ClN2O2S. The van der Waals surface area contributed by atoms with E-state index in [0.717, 1.165) is 71.9 Å². The zero-order chi connectivity index (χ0) is 24.7. The number of carbonyl (C=O) groups is 1. The molecule has 4 nitrogen and oxygen atoms in total. The highest BCUT2D eigenvalue weighted by atomic mass is 35.5. The molecular weight excluding hydrogens is 488 g/mol. The molecule has 0 radical (unpaired) electrons. The zero-order valence-electron chi connectivity index (χ0n) is 19.7. The molecule has 1 aromatic heterocycles. The molecule has 180 valence electrons. The van der Waals surface area contributed by atoms with Gasteiger partial charge in [0.1, 0.15) is 0 Å². The van der Waals surface area contributed by atoms with Crippen molar-refractivity contribution in [3.63, 3.8) is 0 Å². The van der Waals surface area contributed by atoms with Crippen LogP contribution in [0.15, 0.2) is 88.8 Å². The van der Waals surface area contributed by atoms with Crippen LogP contribution in [0.4, 0.5) is 0 Å². The van der Waals surface area contributed by atoms with E-state index in [1.165, 1.54) is 5.56 Å². The molecule has 0 N–H and O–H groups in total. The Hall–Kier alpha value is -3.15. The fourth-order valence-electron chi connectivity index (χ4n) is 5.79. The highest BCUT2D eigenvalue weighted by molar-refractivity contribution is 8.13. The molecule has 2 aliphatic carbocycles. The van der Waals surface area contributed by atoms with Gasteiger partial charge in [-0.15, -0.1) is 0 Å². The Kier molecular flexibility index (Phi) is 6.06. The van der Waals surface area contributed by atoms with Crippen molar-refractivity contribution in [3.8, 4) is 16.9 Å². The molecule has 1 saturated carbocycles. The van der Waals surface area contributed by atoms with E-state index in [-0.39, 0.29) is 22.5 Å². The number of fused-ring (bicyclic) bond motifs is 4. The van der Waals surface area contributed by atoms with Crippen molar-refractivity contribution in [2.75, 3.05) is 0 Å². The first-order valence-corrected chi connectivity index (χ1v) is 13.5. The highest BCUT2D eigenvalue weighted by Gasteiger charge is 2.44. The molecule has 0 aliphatic heterocycles. The Morgan fingerprint density at radius 1 is 0.944 bits per heavy atom. The second-order valence-electron chi connectivity index (χ2n) is 9.69. The van der Waals surface area contributed by atoms with Gasteiger partial charge in [0.05, 0.1) is 16.9 Å². The number of benzene rings is 3. The average Bonchev–Trinajstić information content (AvgIpc) is 3.34. The van der Waals surface area contributed by atoms with Crippen LogP contribution in [0.25, 0.3) is 16.9 Å². The lowest BCUT2D eigenvalue weighted by molar-refractivity contribution is -0.110. The Balaban J connectivity index is 1.52. The molecule has 0 bridgehead atoms. The third kappa shape index (κ3) is 4.10. The summed E-state index contributed by atoms with van der Waals surface area (Å²) in [6, 6.07) is 25.1. The van der Waals surface area contributed by atoms with Crippen molar-refractivity contribution in [1.82, 2.24) is 9.55 Å². The van der Waals surface area contributed by atoms with Gasteiger partial charge in [0.15, 0.2) is 5.16 Å². The molecule has 0 amide bonds. The van der Waals surface area contributed by atoms with Crippen molar-refractivity contribution in [2.45, 2.75) is 49.1 Å². The molecule has 2 aliphatic rings. The molecule has 4 aromatic rings. The Bertz CT molecular complexity index is 1510. The van der Waals surface area contributed by atoms with Crippen molar-refractivity contribution in [3.05, 3.63) is 111 Å². The molecule has 1 heterocycles. The summed E-state index contributed by atoms with van der Waals surface area (Å²) in [7, 11) is 0. The van der Waals surface area contributed by atoms with Crippen LogP contribution in [0.5, 0.6) is 0 Å². The highest BCUT2D eigenvalue weighted by Crippen LogP contribution is 2.50. The molecule has 6 rings (SSSR count). The van der Waals surface area contributed by atoms with Gasteiger partial charge in [-0.1, -0.05) is 79.0 Å². The van der Waals surface area contributed by atoms with E-state index in [9.17, 15) is 9.59 Å². The maximum atomic E-state index is 14.4. The maximum absolute atomic E-state index is 14.4. The lowest BCUT2D eigenvalue weighted by Gasteiger charge is -2.36. The smallest absolute Gasteiger partial charge is 0.263 e. The van der Waals surface area contributed by atoms with E-state index in [0.29, 0.717) is 10.2 Å². The first-order valence-electron chi connectivity index (χ1n) is 12.3. The molecule has 1 fully saturated rings. The number of thioether (sulfide) groups is 1. The van der Waals surface area contributed by atoms with Crippen molar-refractivity contribution in [1.29, 1.82) is 0 Å². The van der Waals surface area contributed by atoms with Crippen molar-refractivity contribution < 1.29 is 4.79 Å². The van der Waals surface area contributed by atoms with Crippen LogP contribution in [0.2, 0.25) is 5.02 Å². The monoisotopic (exact) mass is 512 g/mol. The van der Waals surface area contributed by atoms with Crippen molar-refractivity contribution in [2.24, 2.45) is 0 Å². The lowest BCUT2D eigenvalue weighted by Crippen LogP contribution is -2.40. The minimum atomic E-state index is -0.194. The summed E-state index contributed by atoms with van der Waals surface area (Å²) >= 11 is 7.04. The number of aromatic nitrogens is 2. The van der Waals surface area contributed by atoms with Gasteiger partial charge in [-0.25, -0.2) is 4.98 Å². The predicted octanol–water partition coefficient (Wildman–Crippen LogP) is 6.78. The van der Waals surface area contributed by atoms with Crippen LogP contribution in [0, 0.1) is 0 Å². The van der Waals surface area contributed by atoms with Gasteiger partial charge < -0.3 is 0 Å². The molecule has 0 unspecified atom stereocenters. The quantitative estimate of drug-likeness (QED) is 0.223. The van der Waals surface area contributed by atoms with Gasteiger partial charge in [-0.05, 0) is 66.4 Å². The average molecular weight is 513 g/mol. The third-order valence-corrected chi connectivity index (χ3v) is 8.51. The summed E-state index contributed by atoms with van der Waals surface area (Å²) in [5.74, 6) is 0. The normalized spacial score (nSPS) is 15.5. The number of halogens is 1. The zero-order valence-corrected chi connectivity index (χ0v) is 21.3. The summed E-state index contributed by atoms with van der Waals surface area (Å²) in [6.45, 7) is 0. The fourth-order valence-corrected chi connectivity index (χ4v) is 6.78. The molecule has 1 spiro atoms. The number of hydrogen-bond donors (Lipinski definition) is 0. The number of carbonyl (C=O) groups excluding carboxylic acids is 1. The van der Waals surface area contributed by atoms with Gasteiger partial charge in [0.2, 0.25) is 5.12 Å². The van der Waals surface area contributed by atoms with Gasteiger partial charge in [-0.3, -0.25) is 14.2 Å². The van der Waals surface area contributed by atoms with Gasteiger partial charge in [0.25, 0.3) is 5.56 Å². The second-order valence-corrected chi connectivity index (χ2v) is 11.2. The van der Waals surface area contributed by atoms with Crippen LogP contribution in [0.1, 0.15) is 42.4 Å². The SMILES string of the molecule is O=C(Cc1ccc(Cl)cc1)Sc1nc2c(c(=O)n1-c1ccccc1)C1(CCCC1)Cc1ccccc1-2. The molecule has 0 saturated heterocycles. The van der Waals surface area contributed by atoms with Crippen LogP contribution >= 0.6 is 23.4 Å². The number of nitrogens with zero attached hydrogens (tertiary/aromatic N) is 2. The van der Waals surface area contributed by atoms with E-state index in [2.05, 4.69) is 18.2 Å². The second kappa shape index (κ2) is 9.38. The number of hydrogen-bond acceptors (Lipinski definition) is 4. The minimum Gasteiger partial charge on any atom is -0.286 e. The maximum Gasteiger partial charge on any atom is 0.263 e. The molecule has 0 atom stereocenters. The molecule has 6 heteroatoms. The standard InChI is InChI=1S/C30H25ClN2O2S/c31-22-14-12-20(13-15-22)18-25(34)36-29-32-27-24-11-5-4-8-21(24)19-30(16-6-7-17-30)26(27)28(35)33(29)23-9-2-1-3-10-23/h1-5,8-15H,6-7,16-19H2. The van der Waals surface area contributed by atoms with Crippen LogP contribution in [-0.2, 0) is 23.1 Å². The lowest BCUT2D eigenvalue weighted by atomic mass is 9.68. The molecule has 36 heavy (non-hydrogen) atoms. The van der Waals surface area contributed by atoms with Crippen LogP contribution in [-0.4, -0.2) is 14.7 Å². The van der Waals surface area contributed by atoms with Crippen LogP contribution < -0.4 is 5.56 Å². The van der Waals surface area contributed by atoms with Crippen LogP contribution in [0.3, 0.4) is 0 Å². The summed E-state index contributed by atoms with van der Waals surface area (Å²) < 4.78 is 1.65. The van der Waals surface area contributed by atoms with E-state index < -0.39 is 0 Å². The van der Waals surface area contributed by atoms with Gasteiger partial charge in [0, 0.05) is 22.4 Å². The van der Waals surface area contributed by atoms with Gasteiger partial charge in [-0.2, -0.15) is 0 Å². The Morgan fingerprint density at radius 2 is 1.64 bits per heavy atom. The fraction of sp³-hybridized carbons (Fsp3) is 0.233. The van der Waals surface area contributed by atoms with E-state index in [1.807, 2.05) is 48.5 Å².